The molecular weight excluding hydrogens is 809 g/mol. The molecule has 6 N–H and O–H groups in total. The molecule has 0 aliphatic carbocycles. The molecule has 0 atom stereocenters. The Bertz CT molecular complexity index is 1950. The molecule has 0 aliphatic rings. The fourth-order valence-corrected chi connectivity index (χ4v) is 4.08. The largest absolute Gasteiger partial charge is 0.478 e. The topological polar surface area (TPSA) is 222 Å². The monoisotopic (exact) mass is 879 g/mol. The molecule has 63 heavy (non-hydrogen) atoms. The number of benzene rings is 4. The molecule has 0 saturated heterocycles. The lowest BCUT2D eigenvalue weighted by molar-refractivity contribution is 0.0591. The van der Waals surface area contributed by atoms with E-state index in [-0.39, 0.29) is 11.5 Å². The smallest absolute Gasteiger partial charge is 0.412 e. The molecule has 4 aromatic carbocycles. The lowest BCUT2D eigenvalue weighted by Gasteiger charge is -2.20. The molecule has 4 rings (SSSR count). The number of esters is 2. The van der Waals surface area contributed by atoms with Gasteiger partial charge in [-0.1, -0.05) is 79.7 Å². The van der Waals surface area contributed by atoms with Crippen LogP contribution in [0.15, 0.2) is 97.1 Å². The zero-order valence-electron chi connectivity index (χ0n) is 39.8. The van der Waals surface area contributed by atoms with Gasteiger partial charge in [0.15, 0.2) is 0 Å². The minimum absolute atomic E-state index is 0.146. The number of nitrogens with one attached hydrogen (secondary N) is 3. The minimum Gasteiger partial charge on any atom is -0.478 e. The number of rotatable bonds is 7. The number of amides is 3. The van der Waals surface area contributed by atoms with Crippen molar-refractivity contribution in [3.63, 3.8) is 0 Å². The number of carbonyl (C=O) groups excluding carboxylic acids is 5. The minimum atomic E-state index is -1.02. The molecular formula is C48H70N4O11. The van der Waals surface area contributed by atoms with Crippen LogP contribution in [0.25, 0.3) is 0 Å². The second kappa shape index (κ2) is 32.8. The summed E-state index contributed by atoms with van der Waals surface area (Å²) in [4.78, 5) is 68.6. The van der Waals surface area contributed by atoms with Crippen LogP contribution in [0.2, 0.25) is 0 Å². The van der Waals surface area contributed by atoms with Gasteiger partial charge in [-0.2, -0.15) is 0 Å². The molecule has 348 valence electrons. The molecule has 0 fully saturated rings. The molecule has 0 bridgehead atoms. The molecule has 0 aliphatic heterocycles. The Morgan fingerprint density at radius 3 is 1.10 bits per heavy atom. The average Bonchev–Trinajstić information content (AvgIpc) is 3.26. The predicted molar refractivity (Wildman–Crippen MR) is 253 cm³/mol. The Morgan fingerprint density at radius 1 is 0.460 bits per heavy atom. The highest BCUT2D eigenvalue weighted by Crippen LogP contribution is 2.23. The number of para-hydroxylation sites is 4. The summed E-state index contributed by atoms with van der Waals surface area (Å²) in [5, 5.41) is 16.5. The van der Waals surface area contributed by atoms with E-state index in [9.17, 15) is 28.8 Å². The normalized spacial score (nSPS) is 9.46. The van der Waals surface area contributed by atoms with Crippen LogP contribution < -0.4 is 21.7 Å². The van der Waals surface area contributed by atoms with E-state index >= 15 is 0 Å². The van der Waals surface area contributed by atoms with Crippen molar-refractivity contribution in [1.29, 1.82) is 0 Å². The summed E-state index contributed by atoms with van der Waals surface area (Å²) >= 11 is 0. The van der Waals surface area contributed by atoms with Gasteiger partial charge in [-0.3, -0.25) is 15.4 Å². The summed E-state index contributed by atoms with van der Waals surface area (Å²) < 4.78 is 19.4. The molecule has 0 spiro atoms. The van der Waals surface area contributed by atoms with Crippen molar-refractivity contribution in [3.8, 4) is 0 Å². The van der Waals surface area contributed by atoms with Gasteiger partial charge in [0.05, 0.1) is 53.7 Å². The number of hydrogen-bond donors (Lipinski definition) is 5. The molecule has 15 nitrogen and oxygen atoms in total. The number of carboxylic acids is 1. The zero-order chi connectivity index (χ0) is 49.3. The third kappa shape index (κ3) is 26.1. The highest BCUT2D eigenvalue weighted by molar-refractivity contribution is 6.07. The van der Waals surface area contributed by atoms with Crippen molar-refractivity contribution >= 4 is 58.8 Å². The first-order valence-corrected chi connectivity index (χ1v) is 20.6. The molecule has 0 unspecified atom stereocenters. The molecule has 15 heteroatoms. The molecule has 0 saturated carbocycles. The van der Waals surface area contributed by atoms with Crippen LogP contribution >= 0.6 is 0 Å². The van der Waals surface area contributed by atoms with E-state index in [2.05, 4.69) is 25.4 Å². The van der Waals surface area contributed by atoms with Gasteiger partial charge in [0.25, 0.3) is 5.91 Å². The van der Waals surface area contributed by atoms with E-state index in [0.717, 1.165) is 0 Å². The van der Waals surface area contributed by atoms with Gasteiger partial charge in [0.2, 0.25) is 0 Å². The van der Waals surface area contributed by atoms with E-state index in [0.29, 0.717) is 39.4 Å². The van der Waals surface area contributed by atoms with Gasteiger partial charge in [0.1, 0.15) is 11.2 Å². The van der Waals surface area contributed by atoms with Crippen molar-refractivity contribution in [2.45, 2.75) is 108 Å². The number of anilines is 4. The van der Waals surface area contributed by atoms with Crippen LogP contribution in [-0.4, -0.2) is 66.5 Å². The number of aromatic carboxylic acids is 1. The van der Waals surface area contributed by atoms with E-state index in [4.69, 9.17) is 20.3 Å². The standard InChI is InChI=1S/C20H22N2O5.C11H16N2O2.C9H8O4.4C2H6/c1-20(2,3)27-19(25)22-16-8-6-5-7-15(16)21-17(23)13-9-11-14(12-10-13)18(24)26-4;1-11(2,3)15-10(14)13-9-7-5-4-6-8(9)12;1-13-9(12)7-4-2-6(3-5-7)8(10)11;4*1-2/h5-12H,1-4H3,(H,21,23)(H,22,25);4-7H,12H2,1-3H3,(H,13,14);2-5H,1H3,(H,10,11);4*1-2H3. The van der Waals surface area contributed by atoms with Gasteiger partial charge >= 0.3 is 30.1 Å². The summed E-state index contributed by atoms with van der Waals surface area (Å²) in [5.41, 5.74) is 7.62. The number of carbonyl (C=O) groups is 6. The van der Waals surface area contributed by atoms with Crippen molar-refractivity contribution in [2.24, 2.45) is 0 Å². The molecule has 3 amide bonds. The summed E-state index contributed by atoms with van der Waals surface area (Å²) in [7, 11) is 2.56. The van der Waals surface area contributed by atoms with Crippen LogP contribution in [0, 0.1) is 0 Å². The van der Waals surface area contributed by atoms with Gasteiger partial charge in [-0.05, 0) is 114 Å². The number of hydrogen-bond acceptors (Lipinski definition) is 11. The van der Waals surface area contributed by atoms with Crippen molar-refractivity contribution < 1.29 is 52.8 Å². The summed E-state index contributed by atoms with van der Waals surface area (Å²) in [5.74, 6) is -2.35. The number of methoxy groups -OCH3 is 2. The lowest BCUT2D eigenvalue weighted by Crippen LogP contribution is -2.27. The van der Waals surface area contributed by atoms with Crippen LogP contribution in [0.3, 0.4) is 0 Å². The van der Waals surface area contributed by atoms with Crippen molar-refractivity contribution in [2.75, 3.05) is 35.9 Å². The van der Waals surface area contributed by atoms with Crippen LogP contribution in [0.5, 0.6) is 0 Å². The second-order valence-electron chi connectivity index (χ2n) is 13.3. The molecule has 4 aromatic rings. The van der Waals surface area contributed by atoms with Crippen LogP contribution in [-0.2, 0) is 18.9 Å². The number of nitrogen functional groups attached to an aromatic ring is 1. The third-order valence-electron chi connectivity index (χ3n) is 6.53. The van der Waals surface area contributed by atoms with E-state index < -0.39 is 41.3 Å². The Labute approximate surface area is 374 Å². The fraction of sp³-hybridized carbons (Fsp3) is 0.375. The number of nitrogens with two attached hydrogens (primary N) is 1. The first-order chi connectivity index (χ1) is 29.7. The number of ether oxygens (including phenoxy) is 4. The highest BCUT2D eigenvalue weighted by atomic mass is 16.6. The van der Waals surface area contributed by atoms with E-state index in [1.807, 2.05) is 55.4 Å². The highest BCUT2D eigenvalue weighted by Gasteiger charge is 2.19. The van der Waals surface area contributed by atoms with Crippen molar-refractivity contribution in [3.05, 3.63) is 119 Å². The van der Waals surface area contributed by atoms with E-state index in [1.54, 1.807) is 90.1 Å². The Balaban J connectivity index is -0.000000850. The quantitative estimate of drug-likeness (QED) is 0.0664. The number of carboxylic acid groups (broad SMARTS) is 1. The predicted octanol–water partition coefficient (Wildman–Crippen LogP) is 12.0. The lowest BCUT2D eigenvalue weighted by atomic mass is 10.1. The summed E-state index contributed by atoms with van der Waals surface area (Å²) in [6, 6.07) is 25.4. The van der Waals surface area contributed by atoms with Gasteiger partial charge in [-0.25, -0.2) is 24.0 Å². The molecule has 0 aromatic heterocycles. The third-order valence-corrected chi connectivity index (χ3v) is 6.53. The van der Waals surface area contributed by atoms with Gasteiger partial charge < -0.3 is 35.1 Å². The van der Waals surface area contributed by atoms with Crippen LogP contribution in [0.4, 0.5) is 32.3 Å². The summed E-state index contributed by atoms with van der Waals surface area (Å²) in [6.07, 6.45) is -1.12. The Morgan fingerprint density at radius 2 is 0.762 bits per heavy atom. The van der Waals surface area contributed by atoms with E-state index in [1.165, 1.54) is 62.8 Å². The SMILES string of the molecule is CC.CC.CC.CC.CC(C)(C)OC(=O)Nc1ccccc1N.COC(=O)c1ccc(C(=O)Nc2ccccc2NC(=O)OC(C)(C)C)cc1.COC(=O)c1ccc(C(=O)O)cc1. The van der Waals surface area contributed by atoms with Gasteiger partial charge in [0, 0.05) is 5.56 Å². The van der Waals surface area contributed by atoms with Crippen LogP contribution in [0.1, 0.15) is 138 Å². The maximum absolute atomic E-state index is 12.5. The average molecular weight is 879 g/mol. The van der Waals surface area contributed by atoms with Crippen molar-refractivity contribution in [1.82, 2.24) is 0 Å². The maximum Gasteiger partial charge on any atom is 0.412 e. The first kappa shape index (κ1) is 60.4. The maximum atomic E-state index is 12.5. The summed E-state index contributed by atoms with van der Waals surface area (Å²) in [6.45, 7) is 26.7. The zero-order valence-corrected chi connectivity index (χ0v) is 39.8. The first-order valence-electron chi connectivity index (χ1n) is 20.6. The molecule has 0 heterocycles. The Kier molecular flexibility index (Phi) is 31.5. The van der Waals surface area contributed by atoms with Gasteiger partial charge in [-0.15, -0.1) is 0 Å². The second-order valence-corrected chi connectivity index (χ2v) is 13.3. The Hall–Kier alpha value is -6.90. The molecule has 0 radical (unpaired) electrons. The fourth-order valence-electron chi connectivity index (χ4n) is 4.08.